The van der Waals surface area contributed by atoms with Gasteiger partial charge < -0.3 is 65.7 Å². The van der Waals surface area contributed by atoms with E-state index in [9.17, 15) is 30.0 Å². The first-order chi connectivity index (χ1) is 38.7. The van der Waals surface area contributed by atoms with Crippen molar-refractivity contribution < 1.29 is 63.2 Å². The van der Waals surface area contributed by atoms with Crippen LogP contribution in [0.15, 0.2) is 121 Å². The minimum atomic E-state index is -0.989. The van der Waals surface area contributed by atoms with E-state index in [2.05, 4.69) is 85.6 Å². The van der Waals surface area contributed by atoms with Crippen molar-refractivity contribution in [2.24, 2.45) is 17.6 Å². The number of hydrogen-bond acceptors (Lipinski definition) is 13. The number of fused-ring (bicyclic) bond motifs is 2. The Bertz CT molecular complexity index is 3040. The van der Waals surface area contributed by atoms with Gasteiger partial charge in [-0.2, -0.15) is 0 Å². The Kier molecular flexibility index (Phi) is 24.9. The molecule has 449 valence electrons. The third-order valence-corrected chi connectivity index (χ3v) is 16.1. The molecule has 4 heterocycles. The number of carbonyl (C=O) groups is 2. The van der Waals surface area contributed by atoms with E-state index in [0.29, 0.717) is 58.9 Å². The van der Waals surface area contributed by atoms with Crippen molar-refractivity contribution >= 4 is 68.0 Å². The molecule has 6 atom stereocenters. The number of carboxylic acids is 1. The van der Waals surface area contributed by atoms with Crippen LogP contribution in [-0.4, -0.2) is 149 Å². The average molecular weight is 1220 g/mol. The fourth-order valence-corrected chi connectivity index (χ4v) is 11.4. The number of nitrogens with zero attached hydrogens (tertiary/aromatic N) is 4. The molecule has 4 fully saturated rings. The van der Waals surface area contributed by atoms with Gasteiger partial charge >= 0.3 is 5.97 Å². The molecule has 0 aromatic heterocycles. The van der Waals surface area contributed by atoms with E-state index in [-0.39, 0.29) is 63.0 Å². The monoisotopic (exact) mass is 1220 g/mol. The van der Waals surface area contributed by atoms with E-state index in [4.69, 9.17) is 43.5 Å². The fourth-order valence-electron chi connectivity index (χ4n) is 10.9. The van der Waals surface area contributed by atoms with Crippen LogP contribution in [0.5, 0.6) is 11.5 Å². The summed E-state index contributed by atoms with van der Waals surface area (Å²) >= 11 is 12.7. The molecule has 6 aromatic rings. The van der Waals surface area contributed by atoms with E-state index in [0.717, 1.165) is 76.3 Å². The quantitative estimate of drug-likeness (QED) is 0.0403. The Morgan fingerprint density at radius 1 is 0.602 bits per heavy atom. The first kappa shape index (κ1) is 67.0. The number of benzene rings is 6. The summed E-state index contributed by atoms with van der Waals surface area (Å²) in [6, 6.07) is 38.8. The van der Waals surface area contributed by atoms with Crippen LogP contribution in [0.2, 0.25) is 10.0 Å². The summed E-state index contributed by atoms with van der Waals surface area (Å²) in [5, 5.41) is 59.3. The predicted octanol–water partition coefficient (Wildman–Crippen LogP) is 10.1. The molecular weight excluding hydrogens is 1130 g/mol. The first-order valence-electron chi connectivity index (χ1n) is 28.5. The first-order valence-corrected chi connectivity index (χ1v) is 29.3. The van der Waals surface area contributed by atoms with Crippen LogP contribution in [0.4, 0.5) is 11.4 Å². The van der Waals surface area contributed by atoms with Gasteiger partial charge in [-0.15, -0.1) is 0 Å². The molecule has 4 saturated heterocycles. The number of nitrogens with one attached hydrogen (secondary N) is 1. The van der Waals surface area contributed by atoms with Gasteiger partial charge in [0.05, 0.1) is 45.2 Å². The standard InChI is InChI=1S/C32H40ClN3O4.C17H27ClN2O3.C15H15NO2.CH4.V/c1-32(2,39)21-40-29-12-10-24(18-27(29)33)30(37)28(20-35-14-5-6-15-35)34-31(38)25-13-16-36(19-25)26-11-9-22-7-3-4-8-23(22)17-26;1-17(2,22)11-23-15-6-5-12(9-13(15)18)16(21)14(19)10-20-7-3-4-8-20;17-15(18)13-7-8-16(10-13)14-6-5-11-3-1-2-4-12(11)9-14;;/h3-4,7-12,17-18,25,28,30,37,39H,5-6,13-16,19-21H2,1-2H3,(H,34,38);5-6,9,14,16,21-22H,3-4,7-8,10-11,19H2,1-2H3;1-6,9,13H,7-8,10H2,(H,17,18);1H4;/t25-,28-,30-;14-,16?;13-;;/m111../s1. The van der Waals surface area contributed by atoms with Crippen LogP contribution in [0.1, 0.15) is 97.0 Å². The minimum Gasteiger partial charge on any atom is -0.489 e. The normalized spacial score (nSPS) is 18.9. The summed E-state index contributed by atoms with van der Waals surface area (Å²) < 4.78 is 11.2. The molecule has 0 saturated carbocycles. The Morgan fingerprint density at radius 2 is 1.02 bits per heavy atom. The van der Waals surface area contributed by atoms with Crippen molar-refractivity contribution in [2.45, 2.75) is 109 Å². The van der Waals surface area contributed by atoms with Crippen LogP contribution in [0, 0.1) is 11.8 Å². The second-order valence-corrected chi connectivity index (χ2v) is 24.3. The van der Waals surface area contributed by atoms with Gasteiger partial charge in [0, 0.05) is 75.2 Å². The third kappa shape index (κ3) is 19.4. The van der Waals surface area contributed by atoms with Crippen molar-refractivity contribution in [1.82, 2.24) is 15.1 Å². The molecule has 10 rings (SSSR count). The Hall–Kier alpha value is -5.14. The molecule has 4 aliphatic heterocycles. The Morgan fingerprint density at radius 3 is 1.46 bits per heavy atom. The average Bonchev–Trinajstić information content (AvgIpc) is 4.54. The summed E-state index contributed by atoms with van der Waals surface area (Å²) in [6.45, 7) is 15.1. The van der Waals surface area contributed by atoms with Crippen LogP contribution in [-0.2, 0) is 28.1 Å². The maximum absolute atomic E-state index is 13.5. The van der Waals surface area contributed by atoms with E-state index >= 15 is 0 Å². The second-order valence-electron chi connectivity index (χ2n) is 23.5. The molecule has 1 amide bonds. The van der Waals surface area contributed by atoms with Crippen molar-refractivity contribution in [2.75, 3.05) is 88.5 Å². The number of hydrogen-bond donors (Lipinski definition) is 7. The topological polar surface area (TPSA) is 205 Å². The number of ether oxygens (including phenoxy) is 2. The Balaban J connectivity index is 0.000000218. The van der Waals surface area contributed by atoms with E-state index in [1.165, 1.54) is 34.4 Å². The largest absolute Gasteiger partial charge is 0.489 e. The second kappa shape index (κ2) is 30.8. The number of amides is 1. The van der Waals surface area contributed by atoms with Crippen molar-refractivity contribution in [1.29, 1.82) is 0 Å². The van der Waals surface area contributed by atoms with Gasteiger partial charge in [0.2, 0.25) is 5.91 Å². The van der Waals surface area contributed by atoms with Crippen molar-refractivity contribution in [3.63, 3.8) is 0 Å². The number of aliphatic hydroxyl groups excluding tert-OH is 2. The number of carbonyl (C=O) groups excluding carboxylic acids is 1. The third-order valence-electron chi connectivity index (χ3n) is 15.5. The zero-order chi connectivity index (χ0) is 57.8. The van der Waals surface area contributed by atoms with Gasteiger partial charge in [0.25, 0.3) is 0 Å². The molecule has 0 bridgehead atoms. The van der Waals surface area contributed by atoms with Gasteiger partial charge in [0.1, 0.15) is 30.8 Å². The molecule has 18 heteroatoms. The van der Waals surface area contributed by atoms with Gasteiger partial charge in [0.15, 0.2) is 0 Å². The number of aliphatic hydroxyl groups is 4. The van der Waals surface area contributed by atoms with Crippen molar-refractivity contribution in [3.8, 4) is 11.5 Å². The summed E-state index contributed by atoms with van der Waals surface area (Å²) in [7, 11) is 0. The fraction of sp³-hybridized carbons (Fsp3) is 0.477. The number of anilines is 2. The molecular formula is C65H86Cl2N6O9V. The van der Waals surface area contributed by atoms with E-state index < -0.39 is 35.4 Å². The number of likely N-dealkylation sites (tertiary alicyclic amines) is 2. The number of halogens is 2. The van der Waals surface area contributed by atoms with Crippen molar-refractivity contribution in [3.05, 3.63) is 142 Å². The maximum Gasteiger partial charge on any atom is 0.308 e. The summed E-state index contributed by atoms with van der Waals surface area (Å²) in [6.07, 6.45) is 4.45. The number of nitrogens with two attached hydrogens (primary N) is 1. The zero-order valence-electron chi connectivity index (χ0n) is 47.7. The molecule has 83 heavy (non-hydrogen) atoms. The van der Waals surface area contributed by atoms with E-state index in [1.54, 1.807) is 64.1 Å². The van der Waals surface area contributed by atoms with Crippen LogP contribution >= 0.6 is 23.2 Å². The molecule has 6 aromatic carbocycles. The summed E-state index contributed by atoms with van der Waals surface area (Å²) in [4.78, 5) is 33.5. The van der Waals surface area contributed by atoms with Gasteiger partial charge in [-0.1, -0.05) is 103 Å². The van der Waals surface area contributed by atoms with E-state index in [1.807, 2.05) is 24.3 Å². The predicted molar refractivity (Wildman–Crippen MR) is 331 cm³/mol. The molecule has 8 N–H and O–H groups in total. The van der Waals surface area contributed by atoms with Crippen LogP contribution < -0.4 is 30.3 Å². The number of carboxylic acid groups (broad SMARTS) is 1. The number of aliphatic carboxylic acids is 1. The summed E-state index contributed by atoms with van der Waals surface area (Å²) in [5.74, 6) is -0.157. The molecule has 1 radical (unpaired) electrons. The molecule has 4 aliphatic rings. The minimum absolute atomic E-state index is 0. The number of rotatable bonds is 19. The van der Waals surface area contributed by atoms with Crippen LogP contribution in [0.3, 0.4) is 0 Å². The SMILES string of the molecule is C.CC(C)(O)COc1ccc(C(O)[C@H](N)CN2CCCC2)cc1Cl.CC(C)(O)COc1ccc([C@@H](O)[C@@H](CN2CCCC2)NC(=O)[C@@H]2CCN(c3ccc4ccccc4c3)C2)cc1Cl.O=C(O)[C@@H]1CCN(c2ccc3ccccc3c2)C1.[V]. The molecule has 0 aliphatic carbocycles. The summed E-state index contributed by atoms with van der Waals surface area (Å²) in [5.41, 5.74) is 7.76. The molecule has 15 nitrogen and oxygen atoms in total. The Labute approximate surface area is 512 Å². The van der Waals surface area contributed by atoms with Gasteiger partial charge in [-0.25, -0.2) is 0 Å². The van der Waals surface area contributed by atoms with Gasteiger partial charge in [-0.3, -0.25) is 9.59 Å². The molecule has 1 unspecified atom stereocenters. The van der Waals surface area contributed by atoms with Gasteiger partial charge in [-0.05, 0) is 174 Å². The smallest absolute Gasteiger partial charge is 0.308 e. The molecule has 0 spiro atoms. The maximum atomic E-state index is 13.5. The van der Waals surface area contributed by atoms with Crippen LogP contribution in [0.25, 0.3) is 21.5 Å². The zero-order valence-corrected chi connectivity index (χ0v) is 50.6.